The van der Waals surface area contributed by atoms with Gasteiger partial charge < -0.3 is 5.32 Å². The van der Waals surface area contributed by atoms with E-state index in [0.717, 1.165) is 23.4 Å². The molecule has 1 aliphatic carbocycles. The summed E-state index contributed by atoms with van der Waals surface area (Å²) in [4.78, 5) is 0. The fraction of sp³-hybridized carbons (Fsp3) is 0.250. The Morgan fingerprint density at radius 2 is 1.86 bits per heavy atom. The number of rotatable bonds is 2. The fourth-order valence-electron chi connectivity index (χ4n) is 2.73. The van der Waals surface area contributed by atoms with E-state index in [-0.39, 0.29) is 11.7 Å². The molecule has 3 rings (SSSR count). The molecular formula is C16H13BrF3N. The molecule has 1 atom stereocenters. The Bertz CT molecular complexity index is 687. The van der Waals surface area contributed by atoms with Gasteiger partial charge in [0.1, 0.15) is 5.82 Å². The Labute approximate surface area is 129 Å². The maximum atomic E-state index is 13.7. The van der Waals surface area contributed by atoms with E-state index in [1.54, 1.807) is 0 Å². The average molecular weight is 356 g/mol. The van der Waals surface area contributed by atoms with Crippen molar-refractivity contribution in [3.8, 4) is 0 Å². The van der Waals surface area contributed by atoms with E-state index in [1.807, 2.05) is 12.1 Å². The van der Waals surface area contributed by atoms with Gasteiger partial charge in [0, 0.05) is 22.6 Å². The minimum absolute atomic E-state index is 0.0330. The van der Waals surface area contributed by atoms with Crippen molar-refractivity contribution in [2.24, 2.45) is 0 Å². The summed E-state index contributed by atoms with van der Waals surface area (Å²) >= 11 is 3.44. The highest BCUT2D eigenvalue weighted by Crippen LogP contribution is 2.28. The van der Waals surface area contributed by atoms with Crippen LogP contribution in [0.1, 0.15) is 17.5 Å². The predicted octanol–water partition coefficient (Wildman–Crippen LogP) is 4.84. The third-order valence-corrected chi connectivity index (χ3v) is 4.24. The number of hydrogen-bond donors (Lipinski definition) is 1. The lowest BCUT2D eigenvalue weighted by Gasteiger charge is -2.26. The van der Waals surface area contributed by atoms with Gasteiger partial charge in [-0.15, -0.1) is 0 Å². The van der Waals surface area contributed by atoms with Crippen molar-refractivity contribution in [2.75, 3.05) is 5.32 Å². The zero-order valence-electron chi connectivity index (χ0n) is 11.1. The first-order chi connectivity index (χ1) is 10.0. The van der Waals surface area contributed by atoms with Gasteiger partial charge in [-0.05, 0) is 42.5 Å². The molecule has 1 unspecified atom stereocenters. The number of hydrogen-bond acceptors (Lipinski definition) is 1. The summed E-state index contributed by atoms with van der Waals surface area (Å²) in [6.45, 7) is 0. The van der Waals surface area contributed by atoms with Crippen LogP contribution in [0, 0.1) is 17.5 Å². The Morgan fingerprint density at radius 3 is 2.67 bits per heavy atom. The van der Waals surface area contributed by atoms with Gasteiger partial charge in [-0.25, -0.2) is 13.2 Å². The Hall–Kier alpha value is -1.49. The van der Waals surface area contributed by atoms with Crippen LogP contribution in [-0.2, 0) is 12.8 Å². The molecule has 2 aromatic rings. The molecule has 110 valence electrons. The topological polar surface area (TPSA) is 12.0 Å². The van der Waals surface area contributed by atoms with Crippen LogP contribution >= 0.6 is 15.9 Å². The molecule has 2 aromatic carbocycles. The average Bonchev–Trinajstić information content (AvgIpc) is 2.44. The van der Waals surface area contributed by atoms with Crippen molar-refractivity contribution >= 4 is 21.6 Å². The minimum atomic E-state index is -1.17. The molecule has 0 aromatic heterocycles. The number of fused-ring (bicyclic) bond motifs is 1. The van der Waals surface area contributed by atoms with E-state index in [4.69, 9.17) is 0 Å². The second kappa shape index (κ2) is 5.72. The SMILES string of the molecule is Fc1cc(F)c(F)c(NC2CCc3cc(Br)ccc3C2)c1. The summed E-state index contributed by atoms with van der Waals surface area (Å²) in [5.41, 5.74) is 2.32. The molecule has 0 heterocycles. The molecule has 1 nitrogen and oxygen atoms in total. The van der Waals surface area contributed by atoms with E-state index < -0.39 is 17.5 Å². The molecule has 0 bridgehead atoms. The third-order valence-electron chi connectivity index (χ3n) is 3.75. The van der Waals surface area contributed by atoms with Crippen LogP contribution in [0.3, 0.4) is 0 Å². The normalized spacial score (nSPS) is 17.4. The smallest absolute Gasteiger partial charge is 0.182 e. The maximum Gasteiger partial charge on any atom is 0.182 e. The summed E-state index contributed by atoms with van der Waals surface area (Å²) < 4.78 is 41.1. The zero-order valence-corrected chi connectivity index (χ0v) is 12.7. The monoisotopic (exact) mass is 355 g/mol. The van der Waals surface area contributed by atoms with Crippen LogP contribution in [0.5, 0.6) is 0 Å². The summed E-state index contributed by atoms with van der Waals surface area (Å²) in [5, 5.41) is 2.92. The Morgan fingerprint density at radius 1 is 1.05 bits per heavy atom. The molecule has 1 N–H and O–H groups in total. The molecule has 0 amide bonds. The standard InChI is InChI=1S/C16H13BrF3N/c17-11-3-1-10-6-13(4-2-9(10)5-11)21-15-8-12(18)7-14(19)16(15)20/h1,3,5,7-8,13,21H,2,4,6H2. The predicted molar refractivity (Wildman–Crippen MR) is 79.9 cm³/mol. The lowest BCUT2D eigenvalue weighted by Crippen LogP contribution is -2.28. The van der Waals surface area contributed by atoms with Gasteiger partial charge >= 0.3 is 0 Å². The number of benzene rings is 2. The van der Waals surface area contributed by atoms with Gasteiger partial charge in [-0.1, -0.05) is 22.0 Å². The molecule has 0 spiro atoms. The van der Waals surface area contributed by atoms with Crippen LogP contribution in [0.25, 0.3) is 0 Å². The van der Waals surface area contributed by atoms with Crippen LogP contribution in [0.15, 0.2) is 34.8 Å². The van der Waals surface area contributed by atoms with Gasteiger partial charge in [-0.2, -0.15) is 0 Å². The molecule has 0 radical (unpaired) electrons. The Balaban J connectivity index is 1.80. The van der Waals surface area contributed by atoms with Crippen LogP contribution in [-0.4, -0.2) is 6.04 Å². The number of anilines is 1. The van der Waals surface area contributed by atoms with Gasteiger partial charge in [0.2, 0.25) is 0 Å². The molecule has 0 fully saturated rings. The molecular weight excluding hydrogens is 343 g/mol. The molecule has 0 aliphatic heterocycles. The number of aryl methyl sites for hydroxylation is 1. The van der Waals surface area contributed by atoms with Crippen molar-refractivity contribution in [3.63, 3.8) is 0 Å². The van der Waals surface area contributed by atoms with E-state index in [2.05, 4.69) is 27.3 Å². The van der Waals surface area contributed by atoms with Crippen LogP contribution < -0.4 is 5.32 Å². The highest BCUT2D eigenvalue weighted by Gasteiger charge is 2.21. The van der Waals surface area contributed by atoms with Crippen LogP contribution in [0.2, 0.25) is 0 Å². The van der Waals surface area contributed by atoms with Gasteiger partial charge in [0.15, 0.2) is 11.6 Å². The quantitative estimate of drug-likeness (QED) is 0.760. The lowest BCUT2D eigenvalue weighted by molar-refractivity contribution is 0.494. The van der Waals surface area contributed by atoms with Crippen molar-refractivity contribution in [1.29, 1.82) is 0 Å². The second-order valence-electron chi connectivity index (χ2n) is 5.25. The number of nitrogens with one attached hydrogen (secondary N) is 1. The Kier molecular flexibility index (Phi) is 3.93. The second-order valence-corrected chi connectivity index (χ2v) is 6.16. The van der Waals surface area contributed by atoms with E-state index in [1.165, 1.54) is 11.1 Å². The molecule has 0 saturated heterocycles. The minimum Gasteiger partial charge on any atom is -0.379 e. The van der Waals surface area contributed by atoms with Crippen molar-refractivity contribution in [1.82, 2.24) is 0 Å². The first-order valence-corrected chi connectivity index (χ1v) is 7.50. The molecule has 5 heteroatoms. The van der Waals surface area contributed by atoms with E-state index in [9.17, 15) is 13.2 Å². The molecule has 1 aliphatic rings. The van der Waals surface area contributed by atoms with Crippen molar-refractivity contribution in [2.45, 2.75) is 25.3 Å². The van der Waals surface area contributed by atoms with Gasteiger partial charge in [0.25, 0.3) is 0 Å². The van der Waals surface area contributed by atoms with Gasteiger partial charge in [0.05, 0.1) is 5.69 Å². The van der Waals surface area contributed by atoms with Gasteiger partial charge in [-0.3, -0.25) is 0 Å². The zero-order chi connectivity index (χ0) is 15.0. The fourth-order valence-corrected chi connectivity index (χ4v) is 3.14. The van der Waals surface area contributed by atoms with Crippen LogP contribution in [0.4, 0.5) is 18.9 Å². The first kappa shape index (κ1) is 14.4. The summed E-state index contributed by atoms with van der Waals surface area (Å²) in [6, 6.07) is 7.58. The summed E-state index contributed by atoms with van der Waals surface area (Å²) in [5.74, 6) is -2.98. The molecule has 0 saturated carbocycles. The molecule has 21 heavy (non-hydrogen) atoms. The maximum absolute atomic E-state index is 13.7. The summed E-state index contributed by atoms with van der Waals surface area (Å²) in [6.07, 6.45) is 2.35. The first-order valence-electron chi connectivity index (χ1n) is 6.71. The third kappa shape index (κ3) is 3.07. The largest absolute Gasteiger partial charge is 0.379 e. The van der Waals surface area contributed by atoms with E-state index in [0.29, 0.717) is 12.5 Å². The van der Waals surface area contributed by atoms with Crippen molar-refractivity contribution < 1.29 is 13.2 Å². The number of halogens is 4. The summed E-state index contributed by atoms with van der Waals surface area (Å²) in [7, 11) is 0. The van der Waals surface area contributed by atoms with E-state index >= 15 is 0 Å². The highest BCUT2D eigenvalue weighted by atomic mass is 79.9. The van der Waals surface area contributed by atoms with Crippen molar-refractivity contribution in [3.05, 3.63) is 63.4 Å². The highest BCUT2D eigenvalue weighted by molar-refractivity contribution is 9.10. The lowest BCUT2D eigenvalue weighted by atomic mass is 9.88.